The molecule has 0 spiro atoms. The summed E-state index contributed by atoms with van der Waals surface area (Å²) in [7, 11) is 64.4. The van der Waals surface area contributed by atoms with E-state index in [1.807, 2.05) is 32.9 Å². The monoisotopic (exact) mass is 2620 g/mol. The van der Waals surface area contributed by atoms with E-state index in [2.05, 4.69) is 0 Å². The molecular weight excluding hydrogens is 2560 g/mol. The van der Waals surface area contributed by atoms with Crippen molar-refractivity contribution in [1.29, 1.82) is 0 Å². The number of para-hydroxylation sites is 3. The number of halogens is 25. The van der Waals surface area contributed by atoms with Gasteiger partial charge in [0, 0.05) is 59.9 Å². The maximum atomic E-state index is 13.7. The summed E-state index contributed by atoms with van der Waals surface area (Å²) >= 11 is -4.95. The SMILES string of the molecule is COc1cc(OC)c(O)c(Pc2ccc(F)cc2F)c1.COc1ccc(O)c(Pc2ccc(C)cc2F)c1.COc1cccc(Pc2c(C)cccc2F)c1O.Cc1ccc(O)c(Pc2ccccc2C(F)(F)F)c1.Cc1cccc(Pc2ccccc2C(F)(F)F)c1O.Oc1ccccc1Pc1ccccc1C(F)(F)F.[Cl][Zr][Cl].[Cl][Zr][Cl].[Cl][Zr][Cl].[Cl][Zr][Cl].[Cl][Zr][Cl].[Cl][Zr][Cl]. The summed E-state index contributed by atoms with van der Waals surface area (Å²) in [5, 5.41) is 64.5. The van der Waals surface area contributed by atoms with Crippen molar-refractivity contribution >= 4 is 217 Å². The number of aromatic hydroxyl groups is 6. The van der Waals surface area contributed by atoms with E-state index in [4.69, 9.17) is 121 Å². The number of phenolic OH excluding ortho intramolecular Hbond substituents is 6. The molecule has 0 fully saturated rings. The fraction of sp³-hybridized carbons (Fsp3) is 0.133. The van der Waals surface area contributed by atoms with Crippen LogP contribution in [0.1, 0.15) is 38.9 Å². The molecule has 696 valence electrons. The number of hydrogen-bond donors (Lipinski definition) is 6. The molecule has 0 aliphatic carbocycles. The van der Waals surface area contributed by atoms with Crippen molar-refractivity contribution in [2.24, 2.45) is 0 Å². The Balaban J connectivity index is 0.000000751. The molecule has 12 rings (SSSR count). The normalized spacial score (nSPS) is 10.7. The van der Waals surface area contributed by atoms with Gasteiger partial charge in [-0.3, -0.25) is 0 Å². The van der Waals surface area contributed by atoms with Gasteiger partial charge in [0.25, 0.3) is 0 Å². The molecule has 0 aliphatic heterocycles. The third-order valence-corrected chi connectivity index (χ3v) is 24.2. The van der Waals surface area contributed by atoms with Crippen molar-refractivity contribution in [3.8, 4) is 57.5 Å². The van der Waals surface area contributed by atoms with Crippen LogP contribution < -0.4 is 82.6 Å². The molecule has 47 heteroatoms. The van der Waals surface area contributed by atoms with Gasteiger partial charge in [-0.2, -0.15) is 39.5 Å². The molecule has 6 atom stereocenters. The number of hydrogen-bond acceptors (Lipinski definition) is 10. The Kier molecular flexibility index (Phi) is 69.1. The van der Waals surface area contributed by atoms with E-state index in [9.17, 15) is 87.7 Å². The first kappa shape index (κ1) is 127. The number of methoxy groups -OCH3 is 4. The molecule has 0 bridgehead atoms. The van der Waals surface area contributed by atoms with Crippen LogP contribution in [-0.4, -0.2) is 59.1 Å². The molecule has 12 aromatic rings. The van der Waals surface area contributed by atoms with Crippen LogP contribution in [0.5, 0.6) is 57.5 Å². The molecule has 12 aromatic carbocycles. The average Bonchev–Trinajstić information content (AvgIpc) is 0.809. The second-order valence-corrected chi connectivity index (χ2v) is 54.6. The fourth-order valence-corrected chi connectivity index (χ4v) is 17.3. The first-order valence-electron chi connectivity index (χ1n) is 35.4. The zero-order valence-corrected chi connectivity index (χ0v) is 98.1. The molecule has 6 unspecified atom stereocenters. The Morgan fingerprint density at radius 3 is 1.05 bits per heavy atom. The summed E-state index contributed by atoms with van der Waals surface area (Å²) in [6, 6.07) is 59.6. The van der Waals surface area contributed by atoms with E-state index in [1.54, 1.807) is 135 Å². The van der Waals surface area contributed by atoms with Crippen LogP contribution in [0, 0.1) is 51.0 Å². The van der Waals surface area contributed by atoms with Gasteiger partial charge in [0.05, 0.1) is 45.1 Å². The Labute approximate surface area is 867 Å². The molecule has 10 nitrogen and oxygen atoms in total. The zero-order valence-electron chi connectivity index (χ0n) is 68.3. The predicted octanol–water partition coefficient (Wildman–Crippen LogP) is 25.3. The fourth-order valence-electron chi connectivity index (χ4n) is 10.1. The van der Waals surface area contributed by atoms with Gasteiger partial charge in [0.15, 0.2) is 23.0 Å². The van der Waals surface area contributed by atoms with Gasteiger partial charge in [-0.05, 0) is 151 Å². The number of phenols is 6. The van der Waals surface area contributed by atoms with Crippen LogP contribution in [0.3, 0.4) is 0 Å². The number of rotatable bonds is 16. The molecular formula is C83H75Cl12F13O10P6Zr6. The molecule has 0 heterocycles. The number of aryl methyl sites for hydroxylation is 4. The Bertz CT molecular complexity index is 5260. The van der Waals surface area contributed by atoms with E-state index >= 15 is 0 Å². The molecule has 6 N–H and O–H groups in total. The van der Waals surface area contributed by atoms with Gasteiger partial charge in [0.2, 0.25) is 0 Å². The zero-order chi connectivity index (χ0) is 98.4. The van der Waals surface area contributed by atoms with Crippen molar-refractivity contribution in [3.05, 3.63) is 299 Å². The van der Waals surface area contributed by atoms with Gasteiger partial charge >= 0.3 is 246 Å². The standard InChI is InChI=1S/2C14H12F3OP.C14H13F2O3P.2C14H14FO2P.C13H10F3OP.12ClH.6Zr/c1-9-5-4-8-12(13(9)18)19-11-7-3-2-6-10(11)14(15,16)17;1-9-6-7-11(18)13(8-9)19-12-5-3-2-4-10(12)14(15,16)17;1-18-9-6-11(19-2)14(17)13(7-9)20-12-4-3-8(15)5-10(12)16;1-9-3-6-13(11(15)7-9)18-14-8-10(17-2)4-5-12(14)16;1-9-5-3-6-10(15)14(9)18-12-8-4-7-11(17-2)13(12)16;14-13(15,16)9-5-1-3-7-11(9)18-12-8-4-2-6-10(12)17;;;;;;;;;;;;;;;;;;/h2*2-8,18-19H,1H3;3-7,17,20H,1-2H3;2*3-8,16,18H,1-2H3;1-8,17-18H;12*1H;;;;;;/q;;;;;;;;;;;;;;;;;;6*+2/p-12. The quantitative estimate of drug-likeness (QED) is 0.0406. The summed E-state index contributed by atoms with van der Waals surface area (Å²) in [6.07, 6.45) is -13.1. The van der Waals surface area contributed by atoms with Gasteiger partial charge in [-0.25, -0.2) is 17.6 Å². The van der Waals surface area contributed by atoms with Crippen molar-refractivity contribution in [1.82, 2.24) is 0 Å². The summed E-state index contributed by atoms with van der Waals surface area (Å²) in [6.45, 7) is 7.27. The van der Waals surface area contributed by atoms with Crippen LogP contribution in [0.2, 0.25) is 0 Å². The van der Waals surface area contributed by atoms with Crippen molar-refractivity contribution < 1.29 is 232 Å². The second kappa shape index (κ2) is 70.7. The minimum absolute atomic E-state index is 0.0211. The Morgan fingerprint density at radius 1 is 0.262 bits per heavy atom. The topological polar surface area (TPSA) is 158 Å². The van der Waals surface area contributed by atoms with Gasteiger partial charge in [-0.1, -0.05) is 191 Å². The van der Waals surface area contributed by atoms with Crippen molar-refractivity contribution in [2.75, 3.05) is 28.4 Å². The van der Waals surface area contributed by atoms with Gasteiger partial charge < -0.3 is 49.6 Å². The third kappa shape index (κ3) is 49.0. The van der Waals surface area contributed by atoms with Gasteiger partial charge in [-0.15, -0.1) is 0 Å². The molecule has 0 aromatic heterocycles. The van der Waals surface area contributed by atoms with E-state index in [1.165, 1.54) is 100 Å². The Morgan fingerprint density at radius 2 is 0.600 bits per heavy atom. The van der Waals surface area contributed by atoms with Crippen molar-refractivity contribution in [2.45, 2.75) is 46.2 Å². The van der Waals surface area contributed by atoms with E-state index in [-0.39, 0.29) is 119 Å². The molecule has 0 saturated heterocycles. The summed E-state index contributed by atoms with van der Waals surface area (Å²) in [4.78, 5) is 0. The van der Waals surface area contributed by atoms with Gasteiger partial charge in [0.1, 0.15) is 57.8 Å². The van der Waals surface area contributed by atoms with Crippen LogP contribution in [0.4, 0.5) is 57.1 Å². The van der Waals surface area contributed by atoms with Crippen LogP contribution >= 0.6 is 154 Å². The number of benzene rings is 12. The van der Waals surface area contributed by atoms with E-state index in [0.717, 1.165) is 41.0 Å². The summed E-state index contributed by atoms with van der Waals surface area (Å²) < 4.78 is 190. The summed E-state index contributed by atoms with van der Waals surface area (Å²) in [5.74, 6) is 0.326. The minimum atomic E-state index is -4.37. The second-order valence-electron chi connectivity index (χ2n) is 24.3. The number of alkyl halides is 9. The van der Waals surface area contributed by atoms with Crippen LogP contribution in [0.25, 0.3) is 0 Å². The predicted molar refractivity (Wildman–Crippen MR) is 503 cm³/mol. The van der Waals surface area contributed by atoms with Crippen LogP contribution in [0.15, 0.2) is 237 Å². The summed E-state index contributed by atoms with van der Waals surface area (Å²) in [5.41, 5.74) is 1.40. The molecule has 0 aliphatic rings. The first-order valence-corrected chi connectivity index (χ1v) is 79.4. The van der Waals surface area contributed by atoms with E-state index in [0.29, 0.717) is 70.6 Å². The first-order chi connectivity index (χ1) is 61.5. The molecule has 0 amide bonds. The number of ether oxygens (including phenoxy) is 4. The average molecular weight is 2640 g/mol. The maximum absolute atomic E-state index is 13.7. The molecule has 0 radical (unpaired) electrons. The van der Waals surface area contributed by atoms with Crippen molar-refractivity contribution in [3.63, 3.8) is 0 Å². The third-order valence-electron chi connectivity index (χ3n) is 15.8. The Hall–Kier alpha value is -0.911. The van der Waals surface area contributed by atoms with Crippen LogP contribution in [-0.2, 0) is 144 Å². The van der Waals surface area contributed by atoms with E-state index < -0.39 is 172 Å². The molecule has 130 heavy (non-hydrogen) atoms. The molecule has 0 saturated carbocycles.